The Hall–Kier alpha value is -0.790. The fourth-order valence-electron chi connectivity index (χ4n) is 1.85. The van der Waals surface area contributed by atoms with Gasteiger partial charge in [0.25, 0.3) is 0 Å². The minimum Gasteiger partial charge on any atom is -0.465 e. The van der Waals surface area contributed by atoms with Gasteiger partial charge in [0.1, 0.15) is 0 Å². The van der Waals surface area contributed by atoms with Crippen LogP contribution < -0.4 is 0 Å². The van der Waals surface area contributed by atoms with Gasteiger partial charge in [-0.15, -0.1) is 0 Å². The van der Waals surface area contributed by atoms with E-state index < -0.39 is 0 Å². The van der Waals surface area contributed by atoms with E-state index in [9.17, 15) is 4.79 Å². The van der Waals surface area contributed by atoms with Gasteiger partial charge in [0, 0.05) is 12.3 Å². The first-order valence-corrected chi connectivity index (χ1v) is 4.17. The number of hydrogen-bond acceptors (Lipinski definition) is 2. The standard InChI is InChI=1S/C9H12O2/c10-9-5-7-3-1-2-4-8(7)6-11-9/h1-2,7-8H,3-6H2/t7-,8-/m0/s1. The zero-order chi connectivity index (χ0) is 7.68. The minimum atomic E-state index is -0.0125. The number of fused-ring (bicyclic) bond motifs is 1. The molecule has 1 aliphatic heterocycles. The SMILES string of the molecule is O=C1C[C@@H]2CC=CC[C@H]2CO1. The van der Waals surface area contributed by atoms with Crippen molar-refractivity contribution in [1.82, 2.24) is 0 Å². The van der Waals surface area contributed by atoms with Crippen molar-refractivity contribution in [3.8, 4) is 0 Å². The first kappa shape index (κ1) is 6.89. The monoisotopic (exact) mass is 152 g/mol. The lowest BCUT2D eigenvalue weighted by molar-refractivity contribution is -0.152. The smallest absolute Gasteiger partial charge is 0.306 e. The van der Waals surface area contributed by atoms with Gasteiger partial charge >= 0.3 is 5.97 Å². The van der Waals surface area contributed by atoms with Crippen LogP contribution in [-0.4, -0.2) is 12.6 Å². The third-order valence-electron chi connectivity index (χ3n) is 2.60. The molecule has 0 aromatic heterocycles. The van der Waals surface area contributed by atoms with Gasteiger partial charge in [-0.2, -0.15) is 0 Å². The lowest BCUT2D eigenvalue weighted by atomic mass is 9.80. The van der Waals surface area contributed by atoms with Crippen LogP contribution in [0, 0.1) is 11.8 Å². The van der Waals surface area contributed by atoms with Crippen molar-refractivity contribution >= 4 is 5.97 Å². The predicted octanol–water partition coefficient (Wildman–Crippen LogP) is 1.52. The summed E-state index contributed by atoms with van der Waals surface area (Å²) < 4.78 is 4.97. The van der Waals surface area contributed by atoms with Crippen LogP contribution in [0.2, 0.25) is 0 Å². The Morgan fingerprint density at radius 3 is 2.82 bits per heavy atom. The van der Waals surface area contributed by atoms with Crippen molar-refractivity contribution in [3.63, 3.8) is 0 Å². The van der Waals surface area contributed by atoms with Crippen LogP contribution in [0.4, 0.5) is 0 Å². The van der Waals surface area contributed by atoms with Gasteiger partial charge < -0.3 is 4.74 Å². The highest BCUT2D eigenvalue weighted by Crippen LogP contribution is 2.31. The Kier molecular flexibility index (Phi) is 1.68. The van der Waals surface area contributed by atoms with E-state index in [-0.39, 0.29) is 5.97 Å². The van der Waals surface area contributed by atoms with E-state index >= 15 is 0 Å². The highest BCUT2D eigenvalue weighted by atomic mass is 16.5. The van der Waals surface area contributed by atoms with Crippen LogP contribution in [0.5, 0.6) is 0 Å². The lowest BCUT2D eigenvalue weighted by Crippen LogP contribution is -2.31. The summed E-state index contributed by atoms with van der Waals surface area (Å²) in [6.07, 6.45) is 7.17. The molecule has 0 radical (unpaired) electrons. The van der Waals surface area contributed by atoms with E-state index in [1.54, 1.807) is 0 Å². The molecule has 1 aliphatic carbocycles. The lowest BCUT2D eigenvalue weighted by Gasteiger charge is -2.31. The van der Waals surface area contributed by atoms with Crippen LogP contribution in [0.25, 0.3) is 0 Å². The number of hydrogen-bond donors (Lipinski definition) is 0. The molecule has 1 fully saturated rings. The number of carbonyl (C=O) groups excluding carboxylic acids is 1. The van der Waals surface area contributed by atoms with Crippen LogP contribution >= 0.6 is 0 Å². The molecule has 2 heteroatoms. The molecule has 1 heterocycles. The first-order chi connectivity index (χ1) is 5.36. The molecule has 60 valence electrons. The molecule has 2 atom stereocenters. The fourth-order valence-corrected chi connectivity index (χ4v) is 1.85. The number of carbonyl (C=O) groups is 1. The van der Waals surface area contributed by atoms with Gasteiger partial charge in [0.15, 0.2) is 0 Å². The van der Waals surface area contributed by atoms with E-state index in [1.165, 1.54) is 0 Å². The molecule has 0 N–H and O–H groups in total. The summed E-state index contributed by atoms with van der Waals surface area (Å²) >= 11 is 0. The predicted molar refractivity (Wildman–Crippen MR) is 40.9 cm³/mol. The summed E-state index contributed by atoms with van der Waals surface area (Å²) in [5.41, 5.74) is 0. The fraction of sp³-hybridized carbons (Fsp3) is 0.667. The Morgan fingerprint density at radius 1 is 1.27 bits per heavy atom. The second-order valence-corrected chi connectivity index (χ2v) is 3.35. The van der Waals surface area contributed by atoms with Gasteiger partial charge in [0.2, 0.25) is 0 Å². The zero-order valence-corrected chi connectivity index (χ0v) is 6.45. The Labute approximate surface area is 66.2 Å². The normalized spacial score (nSPS) is 36.2. The molecule has 1 saturated heterocycles. The third kappa shape index (κ3) is 1.30. The van der Waals surface area contributed by atoms with Gasteiger partial charge in [-0.3, -0.25) is 4.79 Å². The summed E-state index contributed by atoms with van der Waals surface area (Å²) in [6.45, 7) is 0.647. The van der Waals surface area contributed by atoms with Gasteiger partial charge in [-0.05, 0) is 18.8 Å². The van der Waals surface area contributed by atoms with Crippen molar-refractivity contribution in [1.29, 1.82) is 0 Å². The average Bonchev–Trinajstić information content (AvgIpc) is 2.04. The summed E-state index contributed by atoms with van der Waals surface area (Å²) in [5.74, 6) is 1.17. The Bertz CT molecular complexity index is 196. The third-order valence-corrected chi connectivity index (χ3v) is 2.60. The largest absolute Gasteiger partial charge is 0.465 e. The van der Waals surface area contributed by atoms with E-state index in [2.05, 4.69) is 12.2 Å². The van der Waals surface area contributed by atoms with Gasteiger partial charge in [-0.25, -0.2) is 0 Å². The maximum absolute atomic E-state index is 10.9. The van der Waals surface area contributed by atoms with Crippen LogP contribution in [0.1, 0.15) is 19.3 Å². The Balaban J connectivity index is 2.06. The van der Waals surface area contributed by atoms with Crippen molar-refractivity contribution < 1.29 is 9.53 Å². The summed E-state index contributed by atoms with van der Waals surface area (Å²) in [5, 5.41) is 0. The number of allylic oxidation sites excluding steroid dienone is 2. The molecule has 11 heavy (non-hydrogen) atoms. The zero-order valence-electron chi connectivity index (χ0n) is 6.45. The molecule has 0 spiro atoms. The molecule has 2 rings (SSSR count). The van der Waals surface area contributed by atoms with Crippen molar-refractivity contribution in [2.75, 3.05) is 6.61 Å². The molecule has 0 aromatic carbocycles. The van der Waals surface area contributed by atoms with Crippen LogP contribution in [0.15, 0.2) is 12.2 Å². The average molecular weight is 152 g/mol. The summed E-state index contributed by atoms with van der Waals surface area (Å²) in [7, 11) is 0. The second-order valence-electron chi connectivity index (χ2n) is 3.35. The van der Waals surface area contributed by atoms with E-state index in [0.717, 1.165) is 12.8 Å². The number of rotatable bonds is 0. The van der Waals surface area contributed by atoms with Gasteiger partial charge in [0.05, 0.1) is 6.61 Å². The van der Waals surface area contributed by atoms with Crippen LogP contribution in [0.3, 0.4) is 0 Å². The minimum absolute atomic E-state index is 0.0125. The second kappa shape index (κ2) is 2.68. The number of cyclic esters (lactones) is 1. The highest BCUT2D eigenvalue weighted by molar-refractivity contribution is 5.70. The molecular formula is C9H12O2. The van der Waals surface area contributed by atoms with E-state index in [1.807, 2.05) is 0 Å². The summed E-state index contributed by atoms with van der Waals surface area (Å²) in [6, 6.07) is 0. The van der Waals surface area contributed by atoms with Crippen molar-refractivity contribution in [2.45, 2.75) is 19.3 Å². The van der Waals surface area contributed by atoms with Crippen molar-refractivity contribution in [3.05, 3.63) is 12.2 Å². The molecular weight excluding hydrogens is 140 g/mol. The topological polar surface area (TPSA) is 26.3 Å². The van der Waals surface area contributed by atoms with Crippen molar-refractivity contribution in [2.24, 2.45) is 11.8 Å². The molecule has 0 amide bonds. The first-order valence-electron chi connectivity index (χ1n) is 4.17. The maximum Gasteiger partial charge on any atom is 0.306 e. The number of ether oxygens (including phenoxy) is 1. The number of esters is 1. The highest BCUT2D eigenvalue weighted by Gasteiger charge is 2.30. The van der Waals surface area contributed by atoms with Gasteiger partial charge in [-0.1, -0.05) is 12.2 Å². The molecule has 2 nitrogen and oxygen atoms in total. The molecule has 0 unspecified atom stereocenters. The molecule has 0 bridgehead atoms. The summed E-state index contributed by atoms with van der Waals surface area (Å²) in [4.78, 5) is 10.9. The van der Waals surface area contributed by atoms with E-state index in [0.29, 0.717) is 24.9 Å². The van der Waals surface area contributed by atoms with Crippen LogP contribution in [-0.2, 0) is 9.53 Å². The molecule has 0 saturated carbocycles. The molecule has 0 aromatic rings. The quantitative estimate of drug-likeness (QED) is 0.388. The maximum atomic E-state index is 10.9. The Morgan fingerprint density at radius 2 is 2.00 bits per heavy atom. The molecule has 2 aliphatic rings. The van der Waals surface area contributed by atoms with E-state index in [4.69, 9.17) is 4.74 Å².